The summed E-state index contributed by atoms with van der Waals surface area (Å²) in [5.41, 5.74) is -1.47. The number of alkyl halides is 6. The highest BCUT2D eigenvalue weighted by Gasteiger charge is 2.36. The van der Waals surface area contributed by atoms with Crippen LogP contribution in [0.3, 0.4) is 0 Å². The normalized spacial score (nSPS) is 17.6. The van der Waals surface area contributed by atoms with Gasteiger partial charge in [0.2, 0.25) is 5.95 Å². The van der Waals surface area contributed by atoms with E-state index in [9.17, 15) is 36.2 Å². The van der Waals surface area contributed by atoms with E-state index in [0.717, 1.165) is 23.1 Å². The minimum atomic E-state index is -4.80. The quantitative estimate of drug-likeness (QED) is 0.290. The minimum absolute atomic E-state index is 0.0964. The highest BCUT2D eigenvalue weighted by molar-refractivity contribution is 9.10. The second-order valence-corrected chi connectivity index (χ2v) is 10.3. The molecular weight excluding hydrogens is 620 g/mol. The zero-order chi connectivity index (χ0) is 30.5. The zero-order valence-corrected chi connectivity index (χ0v) is 23.8. The number of nitrogens with zero attached hydrogens (tertiary/aromatic N) is 4. The van der Waals surface area contributed by atoms with Crippen LogP contribution in [0.4, 0.5) is 32.3 Å². The first-order valence-corrected chi connectivity index (χ1v) is 13.1. The second kappa shape index (κ2) is 13.2. The van der Waals surface area contributed by atoms with Crippen molar-refractivity contribution in [3.63, 3.8) is 0 Å². The predicted molar refractivity (Wildman–Crippen MR) is 146 cm³/mol. The van der Waals surface area contributed by atoms with Gasteiger partial charge in [0.05, 0.1) is 16.8 Å². The second-order valence-electron chi connectivity index (χ2n) is 9.48. The average molecular weight is 647 g/mol. The Labute approximate surface area is 241 Å². The highest BCUT2D eigenvalue weighted by Crippen LogP contribution is 2.36. The first kappa shape index (κ1) is 32.3. The van der Waals surface area contributed by atoms with Gasteiger partial charge in [-0.05, 0) is 38.1 Å². The summed E-state index contributed by atoms with van der Waals surface area (Å²) in [6.07, 6.45) is -8.20. The topological polar surface area (TPSA) is 92.5 Å². The summed E-state index contributed by atoms with van der Waals surface area (Å²) < 4.78 is 75.1. The van der Waals surface area contributed by atoms with Crippen LogP contribution in [0.5, 0.6) is 0 Å². The minimum Gasteiger partial charge on any atom is -0.661 e. The van der Waals surface area contributed by atoms with Crippen LogP contribution in [0.1, 0.15) is 40.9 Å². The van der Waals surface area contributed by atoms with Crippen molar-refractivity contribution in [2.24, 2.45) is 0 Å². The van der Waals surface area contributed by atoms with Crippen LogP contribution < -0.4 is 10.2 Å². The molecule has 1 aliphatic heterocycles. The molecule has 2 atom stereocenters. The third-order valence-corrected chi connectivity index (χ3v) is 6.66. The van der Waals surface area contributed by atoms with E-state index in [1.165, 1.54) is 13.2 Å². The van der Waals surface area contributed by atoms with E-state index in [-0.39, 0.29) is 23.7 Å². The Hall–Kier alpha value is -3.23. The number of carboxylic acid groups (broad SMARTS) is 1. The molecular formula is C27H27BrF6N5O2-. The Balaban J connectivity index is 0.000000241. The van der Waals surface area contributed by atoms with Crippen molar-refractivity contribution in [3.05, 3.63) is 80.7 Å². The number of benzene rings is 2. The van der Waals surface area contributed by atoms with Crippen molar-refractivity contribution in [3.8, 4) is 11.3 Å². The number of hydrogen-bond acceptors (Lipinski definition) is 5. The monoisotopic (exact) mass is 646 g/mol. The van der Waals surface area contributed by atoms with E-state index in [1.54, 1.807) is 0 Å². The third-order valence-electron chi connectivity index (χ3n) is 5.96. The fourth-order valence-electron chi connectivity index (χ4n) is 4.32. The van der Waals surface area contributed by atoms with E-state index in [0.29, 0.717) is 35.9 Å². The largest absolute Gasteiger partial charge is 0.661 e. The lowest BCUT2D eigenvalue weighted by atomic mass is 10.0. The number of halogens is 7. The van der Waals surface area contributed by atoms with Crippen molar-refractivity contribution in [2.75, 3.05) is 25.0 Å². The predicted octanol–water partition coefficient (Wildman–Crippen LogP) is 7.02. The number of aromatic carboxylic acids is 1. The van der Waals surface area contributed by atoms with Crippen LogP contribution in [-0.4, -0.2) is 53.3 Å². The molecule has 0 unspecified atom stereocenters. The van der Waals surface area contributed by atoms with Gasteiger partial charge in [-0.3, -0.25) is 0 Å². The molecule has 0 amide bonds. The van der Waals surface area contributed by atoms with Crippen molar-refractivity contribution in [1.82, 2.24) is 15.3 Å². The molecule has 14 heteroatoms. The summed E-state index contributed by atoms with van der Waals surface area (Å²) in [6.45, 7) is 5.61. The number of rotatable bonds is 5. The van der Waals surface area contributed by atoms with Gasteiger partial charge in [-0.25, -0.2) is 14.8 Å². The van der Waals surface area contributed by atoms with Crippen molar-refractivity contribution >= 4 is 27.8 Å². The summed E-state index contributed by atoms with van der Waals surface area (Å²) in [5, 5.41) is 16.5. The maximum atomic E-state index is 12.4. The first-order valence-electron chi connectivity index (χ1n) is 12.3. The molecule has 2 aromatic carbocycles. The van der Waals surface area contributed by atoms with Crippen molar-refractivity contribution in [2.45, 2.75) is 44.8 Å². The molecule has 7 nitrogen and oxygen atoms in total. The maximum Gasteiger partial charge on any atom is 0.416 e. The molecule has 0 bridgehead atoms. The molecule has 2 N–H and O–H groups in total. The molecule has 3 aromatic rings. The Bertz CT molecular complexity index is 1330. The Morgan fingerprint density at radius 2 is 1.61 bits per heavy atom. The lowest BCUT2D eigenvalue weighted by Crippen LogP contribution is -2.54. The fourth-order valence-corrected chi connectivity index (χ4v) is 4.80. The lowest BCUT2D eigenvalue weighted by Gasteiger charge is -2.36. The van der Waals surface area contributed by atoms with Gasteiger partial charge in [-0.15, -0.1) is 6.54 Å². The third kappa shape index (κ3) is 8.63. The molecule has 0 saturated carbocycles. The average Bonchev–Trinajstić information content (AvgIpc) is 2.87. The van der Waals surface area contributed by atoms with Crippen LogP contribution in [0.15, 0.2) is 53.1 Å². The Morgan fingerprint density at radius 1 is 1.05 bits per heavy atom. The van der Waals surface area contributed by atoms with E-state index in [1.807, 2.05) is 24.3 Å². The smallest absolute Gasteiger partial charge is 0.416 e. The summed E-state index contributed by atoms with van der Waals surface area (Å²) in [7, 11) is 1.31. The molecule has 41 heavy (non-hydrogen) atoms. The number of hydrogen-bond donors (Lipinski definition) is 2. The lowest BCUT2D eigenvalue weighted by molar-refractivity contribution is -0.143. The number of aromatic nitrogens is 2. The van der Waals surface area contributed by atoms with Gasteiger partial charge >= 0.3 is 18.3 Å². The summed E-state index contributed by atoms with van der Waals surface area (Å²) >= 11 is 3.48. The van der Waals surface area contributed by atoms with Crippen LogP contribution in [-0.2, 0) is 18.9 Å². The van der Waals surface area contributed by atoms with Crippen molar-refractivity contribution in [1.29, 1.82) is 0 Å². The molecule has 1 saturated heterocycles. The molecule has 0 radical (unpaired) electrons. The highest BCUT2D eigenvalue weighted by atomic mass is 79.9. The van der Waals surface area contributed by atoms with Gasteiger partial charge in [0.15, 0.2) is 0 Å². The van der Waals surface area contributed by atoms with Crippen molar-refractivity contribution < 1.29 is 36.2 Å². The first-order chi connectivity index (χ1) is 19.1. The molecule has 1 fully saturated rings. The molecule has 1 aliphatic rings. The number of carbonyl (C=O) groups is 1. The number of nitrogens with one attached hydrogen (secondary N) is 1. The van der Waals surface area contributed by atoms with Crippen LogP contribution in [0.2, 0.25) is 0 Å². The summed E-state index contributed by atoms with van der Waals surface area (Å²) in [6, 6.07) is 9.55. The summed E-state index contributed by atoms with van der Waals surface area (Å²) in [4.78, 5) is 22.6. The Kier molecular flexibility index (Phi) is 10.4. The molecule has 0 spiro atoms. The summed E-state index contributed by atoms with van der Waals surface area (Å²) in [5.74, 6) is -0.472. The fraction of sp³-hybridized carbons (Fsp3) is 0.370. The van der Waals surface area contributed by atoms with Crippen LogP contribution in [0, 0.1) is 0 Å². The maximum absolute atomic E-state index is 12.4. The van der Waals surface area contributed by atoms with Gasteiger partial charge in [-0.1, -0.05) is 39.7 Å². The SMILES string of the molecule is C[C@@H]1CN(c2ncc(C(=O)O)c(-c3ccccc3Br)n2)C[C@H](C)N1.C[N-]Cc1cc(C(F)(F)F)cc(C(F)(F)F)c1. The molecule has 1 aromatic heterocycles. The number of carboxylic acids is 1. The van der Waals surface area contributed by atoms with Gasteiger partial charge in [-0.2, -0.15) is 33.4 Å². The van der Waals surface area contributed by atoms with Crippen LogP contribution in [0.25, 0.3) is 16.6 Å². The molecule has 2 heterocycles. The number of anilines is 1. The Morgan fingerprint density at radius 3 is 2.10 bits per heavy atom. The van der Waals surface area contributed by atoms with E-state index in [2.05, 4.69) is 55.3 Å². The zero-order valence-electron chi connectivity index (χ0n) is 22.2. The molecule has 0 aliphatic carbocycles. The standard InChI is InChI=1S/C17H19BrN4O2.C10H8F6N/c1-10-8-22(9-11(2)20-10)17-19-7-13(16(23)24)15(21-17)12-5-3-4-6-14(12)18;1-17-5-6-2-7(9(11,12)13)4-8(3-6)10(14,15)16/h3-7,10-11,20H,8-9H2,1-2H3,(H,23,24);2-4H,5H2,1H3/q;-1/t10-,11+;. The number of piperazine rings is 1. The molecule has 222 valence electrons. The van der Waals surface area contributed by atoms with Gasteiger partial charge < -0.3 is 20.6 Å². The van der Waals surface area contributed by atoms with E-state index < -0.39 is 29.4 Å². The van der Waals surface area contributed by atoms with E-state index >= 15 is 0 Å². The van der Waals surface area contributed by atoms with Gasteiger partial charge in [0.1, 0.15) is 5.56 Å². The molecule has 4 rings (SSSR count). The van der Waals surface area contributed by atoms with Gasteiger partial charge in [0.25, 0.3) is 0 Å². The van der Waals surface area contributed by atoms with Gasteiger partial charge in [0, 0.05) is 41.4 Å². The van der Waals surface area contributed by atoms with E-state index in [4.69, 9.17) is 0 Å². The van der Waals surface area contributed by atoms with Crippen LogP contribution >= 0.6 is 15.9 Å².